The number of ether oxygens (including phenoxy) is 2. The Labute approximate surface area is 78.4 Å². The Bertz CT molecular complexity index is 207. The number of alkyl halides is 7. The minimum Gasteiger partial charge on any atom is -0.387 e. The summed E-state index contributed by atoms with van der Waals surface area (Å²) in [5.74, 6) is 0. The second kappa shape index (κ2) is 4.49. The van der Waals surface area contributed by atoms with Crippen LogP contribution < -0.4 is 0 Å². The Balaban J connectivity index is 4.67. The van der Waals surface area contributed by atoms with Crippen molar-refractivity contribution >= 4 is 0 Å². The molecule has 0 aliphatic rings. The topological polar surface area (TPSA) is 38.7 Å². The maximum absolute atomic E-state index is 12.2. The summed E-state index contributed by atoms with van der Waals surface area (Å²) in [6.07, 6.45) is -16.2. The molecule has 0 rings (SSSR count). The molecule has 0 fully saturated rings. The molecule has 0 saturated heterocycles. The second-order valence-electron chi connectivity index (χ2n) is 2.18. The quantitative estimate of drug-likeness (QED) is 0.725. The van der Waals surface area contributed by atoms with Crippen molar-refractivity contribution in [1.82, 2.24) is 0 Å². The van der Waals surface area contributed by atoms with E-state index in [1.807, 2.05) is 0 Å². The maximum atomic E-state index is 12.2. The lowest BCUT2D eigenvalue weighted by Crippen LogP contribution is -2.49. The Morgan fingerprint density at radius 3 is 1.73 bits per heavy atom. The summed E-state index contributed by atoms with van der Waals surface area (Å²) >= 11 is 0. The van der Waals surface area contributed by atoms with Crippen molar-refractivity contribution in [3.63, 3.8) is 0 Å². The average Bonchev–Trinajstić information content (AvgIpc) is 2.02. The zero-order valence-electron chi connectivity index (χ0n) is 6.82. The molecule has 0 saturated carbocycles. The number of aliphatic hydroxyl groups excluding tert-OH is 1. The Kier molecular flexibility index (Phi) is 4.31. The molecule has 0 aliphatic carbocycles. The number of hydrogen-bond donors (Lipinski definition) is 1. The molecule has 0 amide bonds. The van der Waals surface area contributed by atoms with Crippen molar-refractivity contribution in [1.29, 1.82) is 0 Å². The normalized spacial score (nSPS) is 14.4. The summed E-state index contributed by atoms with van der Waals surface area (Å²) in [6, 6.07) is 0. The molecule has 0 spiro atoms. The van der Waals surface area contributed by atoms with Crippen LogP contribution in [0.15, 0.2) is 0 Å². The van der Waals surface area contributed by atoms with Crippen LogP contribution in [-0.4, -0.2) is 36.9 Å². The van der Waals surface area contributed by atoms with Crippen molar-refractivity contribution in [2.24, 2.45) is 0 Å². The highest BCUT2D eigenvalue weighted by Crippen LogP contribution is 2.39. The third kappa shape index (κ3) is 3.80. The number of rotatable bonds is 6. The minimum absolute atomic E-state index is 2.24. The van der Waals surface area contributed by atoms with Crippen LogP contribution in [-0.2, 0) is 9.47 Å². The summed E-state index contributed by atoms with van der Waals surface area (Å²) < 4.78 is 88.8. The van der Waals surface area contributed by atoms with Crippen LogP contribution >= 0.6 is 0 Å². The van der Waals surface area contributed by atoms with Crippen LogP contribution in [0, 0.1) is 0 Å². The average molecular weight is 246 g/mol. The van der Waals surface area contributed by atoms with Gasteiger partial charge in [-0.2, -0.15) is 26.3 Å². The van der Waals surface area contributed by atoms with E-state index in [1.165, 1.54) is 0 Å². The van der Waals surface area contributed by atoms with Gasteiger partial charge in [-0.3, -0.25) is 4.74 Å². The maximum Gasteiger partial charge on any atom is 0.453 e. The monoisotopic (exact) mass is 246 g/mol. The van der Waals surface area contributed by atoms with E-state index in [-0.39, 0.29) is 0 Å². The Hall–Kier alpha value is -0.610. The van der Waals surface area contributed by atoms with Crippen LogP contribution in [0.2, 0.25) is 0 Å². The van der Waals surface area contributed by atoms with E-state index < -0.39 is 31.8 Å². The molecule has 15 heavy (non-hydrogen) atoms. The smallest absolute Gasteiger partial charge is 0.387 e. The standard InChI is InChI=1S/C5H5F7O3/c6-2-14-4(9,10)5(11,12)15-3(7,8)1-13/h13H,1-2H2. The van der Waals surface area contributed by atoms with E-state index in [0.29, 0.717) is 0 Å². The molecule has 0 aromatic heterocycles. The molecule has 0 aliphatic heterocycles. The Morgan fingerprint density at radius 1 is 0.933 bits per heavy atom. The fourth-order valence-electron chi connectivity index (χ4n) is 0.432. The van der Waals surface area contributed by atoms with E-state index in [1.54, 1.807) is 0 Å². The van der Waals surface area contributed by atoms with Crippen molar-refractivity contribution in [2.45, 2.75) is 18.3 Å². The van der Waals surface area contributed by atoms with Gasteiger partial charge in [0.2, 0.25) is 0 Å². The molecule has 0 bridgehead atoms. The van der Waals surface area contributed by atoms with Gasteiger partial charge in [0.15, 0.2) is 6.86 Å². The van der Waals surface area contributed by atoms with E-state index in [2.05, 4.69) is 9.47 Å². The van der Waals surface area contributed by atoms with Gasteiger partial charge in [0.25, 0.3) is 0 Å². The van der Waals surface area contributed by atoms with Crippen molar-refractivity contribution in [2.75, 3.05) is 13.5 Å². The van der Waals surface area contributed by atoms with Crippen molar-refractivity contribution in [3.8, 4) is 0 Å². The molecular weight excluding hydrogens is 241 g/mol. The van der Waals surface area contributed by atoms with Crippen molar-refractivity contribution < 1.29 is 45.3 Å². The molecule has 92 valence electrons. The molecule has 0 radical (unpaired) electrons. The number of aliphatic hydroxyl groups is 1. The van der Waals surface area contributed by atoms with Crippen LogP contribution in [0.4, 0.5) is 30.7 Å². The summed E-state index contributed by atoms with van der Waals surface area (Å²) in [5, 5.41) is 7.78. The van der Waals surface area contributed by atoms with Gasteiger partial charge in [-0.1, -0.05) is 0 Å². The van der Waals surface area contributed by atoms with Gasteiger partial charge in [0, 0.05) is 0 Å². The van der Waals surface area contributed by atoms with Gasteiger partial charge in [-0.15, -0.1) is 0 Å². The molecule has 0 atom stereocenters. The minimum atomic E-state index is -5.77. The first-order valence-corrected chi connectivity index (χ1v) is 3.22. The van der Waals surface area contributed by atoms with Crippen LogP contribution in [0.5, 0.6) is 0 Å². The first-order chi connectivity index (χ1) is 6.58. The predicted molar refractivity (Wildman–Crippen MR) is 30.1 cm³/mol. The molecule has 10 heteroatoms. The van der Waals surface area contributed by atoms with Crippen LogP contribution in [0.1, 0.15) is 0 Å². The second-order valence-corrected chi connectivity index (χ2v) is 2.18. The SMILES string of the molecule is OCC(F)(F)OC(F)(F)C(F)(F)OCF. The van der Waals surface area contributed by atoms with Gasteiger partial charge in [0.1, 0.15) is 6.61 Å². The molecular formula is C5H5F7O3. The highest BCUT2D eigenvalue weighted by atomic mass is 19.3. The fraction of sp³-hybridized carbons (Fsp3) is 1.00. The van der Waals surface area contributed by atoms with Gasteiger partial charge < -0.3 is 5.11 Å². The molecule has 0 aromatic carbocycles. The van der Waals surface area contributed by atoms with Crippen LogP contribution in [0.25, 0.3) is 0 Å². The first-order valence-electron chi connectivity index (χ1n) is 3.22. The van der Waals surface area contributed by atoms with Crippen molar-refractivity contribution in [3.05, 3.63) is 0 Å². The first kappa shape index (κ1) is 14.4. The van der Waals surface area contributed by atoms with E-state index in [0.717, 1.165) is 0 Å². The van der Waals surface area contributed by atoms with Gasteiger partial charge in [-0.05, 0) is 0 Å². The molecule has 1 N–H and O–H groups in total. The van der Waals surface area contributed by atoms with E-state index >= 15 is 0 Å². The largest absolute Gasteiger partial charge is 0.453 e. The van der Waals surface area contributed by atoms with Gasteiger partial charge >= 0.3 is 18.3 Å². The zero-order valence-corrected chi connectivity index (χ0v) is 6.82. The molecule has 3 nitrogen and oxygen atoms in total. The third-order valence-electron chi connectivity index (χ3n) is 1.04. The molecule has 0 unspecified atom stereocenters. The van der Waals surface area contributed by atoms with Crippen LogP contribution in [0.3, 0.4) is 0 Å². The summed E-state index contributed by atoms with van der Waals surface area (Å²) in [4.78, 5) is 0. The highest BCUT2D eigenvalue weighted by molar-refractivity contribution is 4.68. The third-order valence-corrected chi connectivity index (χ3v) is 1.04. The lowest BCUT2D eigenvalue weighted by molar-refractivity contribution is -0.486. The van der Waals surface area contributed by atoms with Gasteiger partial charge in [0.05, 0.1) is 0 Å². The summed E-state index contributed by atoms with van der Waals surface area (Å²) in [6.45, 7) is -4.56. The fourth-order valence-corrected chi connectivity index (χ4v) is 0.432. The van der Waals surface area contributed by atoms with E-state index in [4.69, 9.17) is 5.11 Å². The molecule has 0 aromatic rings. The lowest BCUT2D eigenvalue weighted by Gasteiger charge is -2.27. The van der Waals surface area contributed by atoms with Gasteiger partial charge in [-0.25, -0.2) is 9.13 Å². The zero-order chi connectivity index (χ0) is 12.3. The lowest BCUT2D eigenvalue weighted by atomic mass is 10.5. The Morgan fingerprint density at radius 2 is 1.40 bits per heavy atom. The number of hydrogen-bond acceptors (Lipinski definition) is 3. The number of halogens is 7. The predicted octanol–water partition coefficient (Wildman–Crippen LogP) is 1.72. The summed E-state index contributed by atoms with van der Waals surface area (Å²) in [5.41, 5.74) is 0. The van der Waals surface area contributed by atoms with E-state index in [9.17, 15) is 30.7 Å². The molecule has 0 heterocycles. The highest BCUT2D eigenvalue weighted by Gasteiger charge is 2.64. The summed E-state index contributed by atoms with van der Waals surface area (Å²) in [7, 11) is 0.